The second kappa shape index (κ2) is 8.42. The Hall–Kier alpha value is -3.88. The van der Waals surface area contributed by atoms with E-state index in [4.69, 9.17) is 4.74 Å². The van der Waals surface area contributed by atoms with Crippen molar-refractivity contribution in [3.63, 3.8) is 0 Å². The van der Waals surface area contributed by atoms with Crippen LogP contribution in [0.25, 0.3) is 10.9 Å². The van der Waals surface area contributed by atoms with Gasteiger partial charge in [0.05, 0.1) is 4.92 Å². The topological polar surface area (TPSA) is 135 Å². The van der Waals surface area contributed by atoms with Crippen LogP contribution in [0.3, 0.4) is 0 Å². The van der Waals surface area contributed by atoms with Crippen LogP contribution in [0.2, 0.25) is 0 Å². The minimum Gasteiger partial charge on any atom is -0.484 e. The van der Waals surface area contributed by atoms with Gasteiger partial charge in [-0.3, -0.25) is 14.9 Å². The Bertz CT molecular complexity index is 1080. The summed E-state index contributed by atoms with van der Waals surface area (Å²) in [6, 6.07) is 10.5. The van der Waals surface area contributed by atoms with Gasteiger partial charge in [0.25, 0.3) is 11.6 Å². The Kier molecular flexibility index (Phi) is 5.77. The molecule has 2 aromatic carbocycles. The van der Waals surface area contributed by atoms with Gasteiger partial charge in [0.2, 0.25) is 0 Å². The molecule has 0 aliphatic heterocycles. The number of H-pyrrole nitrogens is 1. The Morgan fingerprint density at radius 1 is 1.28 bits per heavy atom. The first-order valence-corrected chi connectivity index (χ1v) is 8.80. The van der Waals surface area contributed by atoms with Gasteiger partial charge in [-0.15, -0.1) is 0 Å². The van der Waals surface area contributed by atoms with Crippen molar-refractivity contribution in [3.8, 4) is 5.75 Å². The third kappa shape index (κ3) is 4.70. The SMILES string of the molecule is Cc1cc(OCC(=O)NC(Cc2c[nH]c3ccccc23)C(=O)O)ccc1[N+](=O)[O-]. The van der Waals surface area contributed by atoms with Gasteiger partial charge in [0.15, 0.2) is 6.61 Å². The highest BCUT2D eigenvalue weighted by molar-refractivity contribution is 5.87. The largest absolute Gasteiger partial charge is 0.484 e. The third-order valence-electron chi connectivity index (χ3n) is 4.47. The van der Waals surface area contributed by atoms with Crippen LogP contribution in [0.4, 0.5) is 5.69 Å². The summed E-state index contributed by atoms with van der Waals surface area (Å²) in [5.41, 5.74) is 2.01. The third-order valence-corrected chi connectivity index (χ3v) is 4.47. The molecule has 0 radical (unpaired) electrons. The van der Waals surface area contributed by atoms with Crippen molar-refractivity contribution in [1.29, 1.82) is 0 Å². The van der Waals surface area contributed by atoms with Gasteiger partial charge in [-0.2, -0.15) is 0 Å². The van der Waals surface area contributed by atoms with Gasteiger partial charge in [-0.1, -0.05) is 18.2 Å². The molecule has 0 saturated heterocycles. The molecule has 1 unspecified atom stereocenters. The van der Waals surface area contributed by atoms with E-state index in [0.29, 0.717) is 5.56 Å². The molecule has 9 heteroatoms. The monoisotopic (exact) mass is 397 g/mol. The number of carbonyl (C=O) groups excluding carboxylic acids is 1. The minimum atomic E-state index is -1.16. The van der Waals surface area contributed by atoms with E-state index in [1.807, 2.05) is 24.3 Å². The van der Waals surface area contributed by atoms with Crippen LogP contribution in [0.5, 0.6) is 5.75 Å². The lowest BCUT2D eigenvalue weighted by atomic mass is 10.1. The molecule has 0 aliphatic rings. The summed E-state index contributed by atoms with van der Waals surface area (Å²) in [5, 5.41) is 23.6. The highest BCUT2D eigenvalue weighted by Crippen LogP contribution is 2.23. The Labute approximate surface area is 165 Å². The van der Waals surface area contributed by atoms with Crippen molar-refractivity contribution in [3.05, 3.63) is 69.9 Å². The summed E-state index contributed by atoms with van der Waals surface area (Å²) in [6.07, 6.45) is 1.84. The lowest BCUT2D eigenvalue weighted by Gasteiger charge is -2.15. The van der Waals surface area contributed by atoms with Crippen LogP contribution >= 0.6 is 0 Å². The highest BCUT2D eigenvalue weighted by atomic mass is 16.6. The number of nitro groups is 1. The van der Waals surface area contributed by atoms with E-state index in [0.717, 1.165) is 16.5 Å². The van der Waals surface area contributed by atoms with Crippen molar-refractivity contribution in [1.82, 2.24) is 10.3 Å². The van der Waals surface area contributed by atoms with E-state index < -0.39 is 29.4 Å². The van der Waals surface area contributed by atoms with Crippen molar-refractivity contribution in [2.45, 2.75) is 19.4 Å². The summed E-state index contributed by atoms with van der Waals surface area (Å²) in [6.45, 7) is 1.15. The molecule has 0 aliphatic carbocycles. The number of aromatic amines is 1. The molecule has 9 nitrogen and oxygen atoms in total. The molecule has 1 atom stereocenters. The predicted molar refractivity (Wildman–Crippen MR) is 105 cm³/mol. The molecule has 1 amide bonds. The molecule has 0 saturated carbocycles. The lowest BCUT2D eigenvalue weighted by Crippen LogP contribution is -2.44. The minimum absolute atomic E-state index is 0.0496. The van der Waals surface area contributed by atoms with Crippen LogP contribution in [0.15, 0.2) is 48.7 Å². The van der Waals surface area contributed by atoms with Crippen molar-refractivity contribution < 1.29 is 24.4 Å². The average molecular weight is 397 g/mol. The van der Waals surface area contributed by atoms with Gasteiger partial charge >= 0.3 is 5.97 Å². The van der Waals surface area contributed by atoms with Gasteiger partial charge in [-0.05, 0) is 30.7 Å². The lowest BCUT2D eigenvalue weighted by molar-refractivity contribution is -0.385. The maximum Gasteiger partial charge on any atom is 0.326 e. The number of carboxylic acids is 1. The molecule has 0 bridgehead atoms. The maximum absolute atomic E-state index is 12.2. The number of aromatic nitrogens is 1. The molecule has 29 heavy (non-hydrogen) atoms. The number of fused-ring (bicyclic) bond motifs is 1. The first-order valence-electron chi connectivity index (χ1n) is 8.80. The summed E-state index contributed by atoms with van der Waals surface area (Å²) < 4.78 is 5.34. The predicted octanol–water partition coefficient (Wildman–Crippen LogP) is 2.58. The van der Waals surface area contributed by atoms with Crippen LogP contribution in [-0.2, 0) is 16.0 Å². The van der Waals surface area contributed by atoms with E-state index in [-0.39, 0.29) is 17.9 Å². The number of carboxylic acid groups (broad SMARTS) is 1. The maximum atomic E-state index is 12.2. The summed E-state index contributed by atoms with van der Waals surface area (Å²) in [4.78, 5) is 37.2. The van der Waals surface area contributed by atoms with Crippen LogP contribution < -0.4 is 10.1 Å². The molecule has 3 rings (SSSR count). The normalized spacial score (nSPS) is 11.8. The van der Waals surface area contributed by atoms with Gasteiger partial charge in [-0.25, -0.2) is 4.79 Å². The Morgan fingerprint density at radius 2 is 2.03 bits per heavy atom. The molecule has 0 spiro atoms. The number of nitrogens with zero attached hydrogens (tertiary/aromatic N) is 1. The second-order valence-corrected chi connectivity index (χ2v) is 6.52. The smallest absolute Gasteiger partial charge is 0.326 e. The van der Waals surface area contributed by atoms with Crippen molar-refractivity contribution in [2.24, 2.45) is 0 Å². The zero-order valence-corrected chi connectivity index (χ0v) is 15.5. The first-order chi connectivity index (χ1) is 13.8. The van der Waals surface area contributed by atoms with E-state index >= 15 is 0 Å². The fourth-order valence-corrected chi connectivity index (χ4v) is 3.03. The number of carbonyl (C=O) groups is 2. The standard InChI is InChI=1S/C20H19N3O6/c1-12-8-14(6-7-18(12)23(27)28)29-11-19(24)22-17(20(25)26)9-13-10-21-16-5-3-2-4-15(13)16/h2-8,10,17,21H,9,11H2,1H3,(H,22,24)(H,25,26). The first kappa shape index (κ1) is 19.9. The highest BCUT2D eigenvalue weighted by Gasteiger charge is 2.22. The molecule has 0 fully saturated rings. The molecular weight excluding hydrogens is 378 g/mol. The van der Waals surface area contributed by atoms with Gasteiger partial charge < -0.3 is 20.1 Å². The number of aliphatic carboxylic acids is 1. The summed E-state index contributed by atoms with van der Waals surface area (Å²) in [5.74, 6) is -1.48. The fraction of sp³-hybridized carbons (Fsp3) is 0.200. The number of benzene rings is 2. The van der Waals surface area contributed by atoms with E-state index in [1.165, 1.54) is 18.2 Å². The van der Waals surface area contributed by atoms with Crippen LogP contribution in [-0.4, -0.2) is 39.5 Å². The number of rotatable bonds is 8. The van der Waals surface area contributed by atoms with E-state index in [2.05, 4.69) is 10.3 Å². The molecule has 1 aromatic heterocycles. The Morgan fingerprint density at radius 3 is 2.72 bits per heavy atom. The van der Waals surface area contributed by atoms with Crippen molar-refractivity contribution >= 4 is 28.5 Å². The van der Waals surface area contributed by atoms with Gasteiger partial charge in [0.1, 0.15) is 11.8 Å². The molecule has 1 heterocycles. The Balaban J connectivity index is 1.62. The molecule has 150 valence electrons. The quantitative estimate of drug-likeness (QED) is 0.395. The number of ether oxygens (including phenoxy) is 1. The van der Waals surface area contributed by atoms with E-state index in [9.17, 15) is 24.8 Å². The van der Waals surface area contributed by atoms with Crippen LogP contribution in [0.1, 0.15) is 11.1 Å². The average Bonchev–Trinajstić information content (AvgIpc) is 3.08. The fourth-order valence-electron chi connectivity index (χ4n) is 3.03. The summed E-state index contributed by atoms with van der Waals surface area (Å²) in [7, 11) is 0. The molecular formula is C20H19N3O6. The number of hydrogen-bond acceptors (Lipinski definition) is 5. The summed E-state index contributed by atoms with van der Waals surface area (Å²) >= 11 is 0. The molecule has 3 aromatic rings. The second-order valence-electron chi connectivity index (χ2n) is 6.52. The molecule has 3 N–H and O–H groups in total. The number of aryl methyl sites for hydroxylation is 1. The zero-order chi connectivity index (χ0) is 21.0. The number of nitrogens with one attached hydrogen (secondary N) is 2. The zero-order valence-electron chi connectivity index (χ0n) is 15.5. The number of para-hydroxylation sites is 1. The number of amides is 1. The number of hydrogen-bond donors (Lipinski definition) is 3. The number of nitro benzene ring substituents is 1. The van der Waals surface area contributed by atoms with E-state index in [1.54, 1.807) is 13.1 Å². The van der Waals surface area contributed by atoms with Gasteiger partial charge in [0, 0.05) is 35.2 Å². The van der Waals surface area contributed by atoms with Crippen molar-refractivity contribution in [2.75, 3.05) is 6.61 Å². The van der Waals surface area contributed by atoms with Crippen LogP contribution in [0, 0.1) is 17.0 Å².